The molecule has 0 rings (SSSR count). The summed E-state index contributed by atoms with van der Waals surface area (Å²) in [6.07, 6.45) is 0. The molecule has 0 spiro atoms. The summed E-state index contributed by atoms with van der Waals surface area (Å²) >= 11 is 0. The maximum Gasteiger partial charge on any atom is 4.00 e. The third kappa shape index (κ3) is 88.4. The molecule has 0 saturated heterocycles. The molecule has 0 atom stereocenters. The molecule has 8 heavy (non-hydrogen) atoms. The van der Waals surface area contributed by atoms with Crippen molar-refractivity contribution in [3.8, 4) is 0 Å². The average Bonchev–Trinajstić information content (AvgIpc) is 0.722. The van der Waals surface area contributed by atoms with Gasteiger partial charge in [-0.25, -0.2) is 0 Å². The zero-order valence-electron chi connectivity index (χ0n) is 4.29. The van der Waals surface area contributed by atoms with Crippen LogP contribution in [0.3, 0.4) is 0 Å². The molecule has 0 radical (unpaired) electrons. The van der Waals surface area contributed by atoms with E-state index in [0.717, 1.165) is 0 Å². The number of hydrogen-bond acceptors (Lipinski definition) is 4. The maximum atomic E-state index is 8.55. The molecule has 0 unspecified atom stereocenters. The Bertz CT molecular complexity index is 62.2. The molecule has 0 amide bonds. The molecule has 0 saturated carbocycles. The van der Waals surface area contributed by atoms with Gasteiger partial charge in [-0.3, -0.25) is 0 Å². The second kappa shape index (κ2) is 9.19. The predicted molar refractivity (Wildman–Crippen MR) is 13.4 cm³/mol. The van der Waals surface area contributed by atoms with Crippen LogP contribution < -0.4 is 33.5 Å². The third-order valence-corrected chi connectivity index (χ3v) is 0. The van der Waals surface area contributed by atoms with Gasteiger partial charge in [0.15, 0.2) is 0 Å². The van der Waals surface area contributed by atoms with E-state index in [0.29, 0.717) is 0 Å². The van der Waals surface area contributed by atoms with E-state index in [1.807, 2.05) is 0 Å². The van der Waals surface area contributed by atoms with Gasteiger partial charge in [0.2, 0.25) is 0 Å². The molecular formula is LiMgO4PTi+4. The van der Waals surface area contributed by atoms with E-state index in [9.17, 15) is 0 Å². The first-order valence-corrected chi connectivity index (χ1v) is 2.19. The maximum absolute atomic E-state index is 8.55. The largest absolute Gasteiger partial charge is 4.00 e. The Hall–Kier alpha value is 2.19. The fourth-order valence-electron chi connectivity index (χ4n) is 0. The van der Waals surface area contributed by atoms with Crippen molar-refractivity contribution in [3.05, 3.63) is 0 Å². The van der Waals surface area contributed by atoms with Crippen LogP contribution in [0.15, 0.2) is 0 Å². The van der Waals surface area contributed by atoms with Crippen LogP contribution in [0.25, 0.3) is 0 Å². The van der Waals surface area contributed by atoms with Crippen LogP contribution >= 0.6 is 7.82 Å². The van der Waals surface area contributed by atoms with Gasteiger partial charge in [0.05, 0.1) is 0 Å². The SMILES string of the molecule is O=P([O-])([O-])[O-].[Li+].[Mg+2].[Ti+4]. The summed E-state index contributed by atoms with van der Waals surface area (Å²) in [5, 5.41) is 0. The van der Waals surface area contributed by atoms with E-state index in [4.69, 9.17) is 19.2 Å². The number of hydrogen-bond donors (Lipinski definition) is 0. The summed E-state index contributed by atoms with van der Waals surface area (Å²) in [7, 11) is -5.39. The minimum atomic E-state index is -5.39. The normalized spacial score (nSPS) is 7.38. The van der Waals surface area contributed by atoms with Crippen molar-refractivity contribution in [2.24, 2.45) is 0 Å². The first-order valence-electron chi connectivity index (χ1n) is 0.730. The van der Waals surface area contributed by atoms with Crippen LogP contribution in [-0.4, -0.2) is 23.1 Å². The van der Waals surface area contributed by atoms with Crippen LogP contribution in [-0.2, 0) is 26.3 Å². The van der Waals surface area contributed by atoms with Gasteiger partial charge in [-0.2, -0.15) is 7.82 Å². The molecule has 0 N–H and O–H groups in total. The second-order valence-electron chi connectivity index (χ2n) is 0.447. The summed E-state index contributed by atoms with van der Waals surface area (Å²) in [4.78, 5) is 25.6. The van der Waals surface area contributed by atoms with E-state index in [-0.39, 0.29) is 63.6 Å². The third-order valence-electron chi connectivity index (χ3n) is 0. The van der Waals surface area contributed by atoms with Crippen LogP contribution in [0.2, 0.25) is 0 Å². The Kier molecular flexibility index (Phi) is 25.8. The Labute approximate surface area is 89.9 Å². The minimum absolute atomic E-state index is 0. The van der Waals surface area contributed by atoms with Crippen molar-refractivity contribution >= 4 is 30.9 Å². The monoisotopic (exact) mass is 174 g/mol. The Morgan fingerprint density at radius 1 is 1.12 bits per heavy atom. The van der Waals surface area contributed by atoms with Crippen molar-refractivity contribution in [2.75, 3.05) is 0 Å². The molecule has 0 heterocycles. The molecule has 0 aliphatic rings. The number of rotatable bonds is 0. The standard InChI is InChI=1S/Li.Mg.H3O4P.Ti/c;;1-5(2,3)4;/h;;(H3,1,2,3,4);/q+1;+2;;+4/p-3. The summed E-state index contributed by atoms with van der Waals surface area (Å²) in [6, 6.07) is 0. The summed E-state index contributed by atoms with van der Waals surface area (Å²) in [5.41, 5.74) is 0. The van der Waals surface area contributed by atoms with E-state index in [1.54, 1.807) is 0 Å². The van der Waals surface area contributed by atoms with Crippen LogP contribution in [0.5, 0.6) is 0 Å². The predicted octanol–water partition coefficient (Wildman–Crippen LogP) is -6.20. The zero-order chi connectivity index (χ0) is 4.50. The van der Waals surface area contributed by atoms with Crippen LogP contribution in [0.4, 0.5) is 0 Å². The average molecular weight is 174 g/mol. The fraction of sp³-hybridized carbons (Fsp3) is 0. The minimum Gasteiger partial charge on any atom is -0.822 e. The topological polar surface area (TPSA) is 86.2 Å². The smallest absolute Gasteiger partial charge is 0.822 e. The molecule has 32 valence electrons. The Morgan fingerprint density at radius 2 is 1.12 bits per heavy atom. The van der Waals surface area contributed by atoms with E-state index in [1.165, 1.54) is 0 Å². The molecular weight excluding hydrogens is 174 g/mol. The first kappa shape index (κ1) is 22.5. The molecule has 0 aromatic carbocycles. The molecule has 0 aromatic heterocycles. The van der Waals surface area contributed by atoms with Gasteiger partial charge in [0.25, 0.3) is 0 Å². The Balaban J connectivity index is -0.0000000267. The van der Waals surface area contributed by atoms with Crippen LogP contribution in [0, 0.1) is 0 Å². The Morgan fingerprint density at radius 3 is 1.12 bits per heavy atom. The summed E-state index contributed by atoms with van der Waals surface area (Å²) in [6.45, 7) is 0. The van der Waals surface area contributed by atoms with Gasteiger partial charge < -0.3 is 19.2 Å². The van der Waals surface area contributed by atoms with Gasteiger partial charge in [0.1, 0.15) is 0 Å². The van der Waals surface area contributed by atoms with Crippen molar-refractivity contribution in [1.29, 1.82) is 0 Å². The molecule has 8 heteroatoms. The first-order chi connectivity index (χ1) is 2.00. The van der Waals surface area contributed by atoms with Crippen molar-refractivity contribution < 1.29 is 59.8 Å². The van der Waals surface area contributed by atoms with Crippen molar-refractivity contribution in [2.45, 2.75) is 0 Å². The van der Waals surface area contributed by atoms with E-state index < -0.39 is 7.82 Å². The molecule has 4 nitrogen and oxygen atoms in total. The molecule has 0 fully saturated rings. The van der Waals surface area contributed by atoms with Gasteiger partial charge in [-0.1, -0.05) is 0 Å². The van der Waals surface area contributed by atoms with Crippen LogP contribution in [0.1, 0.15) is 0 Å². The fourth-order valence-corrected chi connectivity index (χ4v) is 0. The van der Waals surface area contributed by atoms with Gasteiger partial charge in [0, 0.05) is 0 Å². The van der Waals surface area contributed by atoms with Gasteiger partial charge >= 0.3 is 63.6 Å². The molecule has 0 aliphatic carbocycles. The van der Waals surface area contributed by atoms with Gasteiger partial charge in [-0.05, 0) is 0 Å². The molecule has 0 bridgehead atoms. The van der Waals surface area contributed by atoms with Crippen molar-refractivity contribution in [3.63, 3.8) is 0 Å². The summed E-state index contributed by atoms with van der Waals surface area (Å²) in [5.74, 6) is 0. The van der Waals surface area contributed by atoms with Gasteiger partial charge in [-0.15, -0.1) is 0 Å². The quantitative estimate of drug-likeness (QED) is 0.270. The number of phosphoric acid groups is 1. The molecule has 0 aliphatic heterocycles. The molecule has 0 aromatic rings. The zero-order valence-corrected chi connectivity index (χ0v) is 8.16. The van der Waals surface area contributed by atoms with E-state index in [2.05, 4.69) is 0 Å². The van der Waals surface area contributed by atoms with Crippen molar-refractivity contribution in [1.82, 2.24) is 0 Å². The second-order valence-corrected chi connectivity index (χ2v) is 1.34. The van der Waals surface area contributed by atoms with E-state index >= 15 is 0 Å². The summed E-state index contributed by atoms with van der Waals surface area (Å²) < 4.78 is 8.55.